The van der Waals surface area contributed by atoms with Gasteiger partial charge >= 0.3 is 0 Å². The van der Waals surface area contributed by atoms with E-state index in [2.05, 4.69) is 17.1 Å². The number of nitrogens with two attached hydrogens (primary N) is 1. The molecule has 1 rings (SSSR count). The predicted molar refractivity (Wildman–Crippen MR) is 87.8 cm³/mol. The van der Waals surface area contributed by atoms with Crippen molar-refractivity contribution in [2.75, 3.05) is 33.8 Å². The number of carbonyl (C=O) groups excluding carboxylic acids is 2. The van der Waals surface area contributed by atoms with Gasteiger partial charge in [0.1, 0.15) is 0 Å². The molecule has 0 bridgehead atoms. The van der Waals surface area contributed by atoms with E-state index in [1.807, 2.05) is 6.92 Å². The summed E-state index contributed by atoms with van der Waals surface area (Å²) >= 11 is 0. The molecule has 7 nitrogen and oxygen atoms in total. The molecule has 0 aromatic rings. The number of ether oxygens (including phenoxy) is 2. The van der Waals surface area contributed by atoms with Crippen LogP contribution in [0, 0.1) is 5.92 Å². The van der Waals surface area contributed by atoms with Crippen molar-refractivity contribution in [1.82, 2.24) is 10.2 Å². The van der Waals surface area contributed by atoms with Crippen LogP contribution >= 0.6 is 0 Å². The van der Waals surface area contributed by atoms with Crippen LogP contribution in [0.1, 0.15) is 33.1 Å². The summed E-state index contributed by atoms with van der Waals surface area (Å²) in [5, 5.41) is 2.57. The minimum absolute atomic E-state index is 0.0748. The lowest BCUT2D eigenvalue weighted by Crippen LogP contribution is -2.52. The van der Waals surface area contributed by atoms with Crippen LogP contribution in [0.5, 0.6) is 0 Å². The zero-order chi connectivity index (χ0) is 17.4. The van der Waals surface area contributed by atoms with Gasteiger partial charge in [-0.2, -0.15) is 0 Å². The Hall–Kier alpha value is -1.18. The first-order chi connectivity index (χ1) is 10.8. The Balaban J connectivity index is 2.41. The first-order valence-corrected chi connectivity index (χ1v) is 8.25. The third-order valence-corrected chi connectivity index (χ3v) is 4.35. The highest BCUT2D eigenvalue weighted by Crippen LogP contribution is 2.20. The number of likely N-dealkylation sites (tertiary alicyclic amines) is 1. The highest BCUT2D eigenvalue weighted by atomic mass is 16.5. The molecule has 1 fully saturated rings. The molecule has 0 aromatic carbocycles. The van der Waals surface area contributed by atoms with Crippen molar-refractivity contribution < 1.29 is 19.1 Å². The maximum atomic E-state index is 11.4. The van der Waals surface area contributed by atoms with E-state index < -0.39 is 0 Å². The van der Waals surface area contributed by atoms with Gasteiger partial charge in [-0.1, -0.05) is 6.92 Å². The van der Waals surface area contributed by atoms with E-state index in [-0.39, 0.29) is 42.8 Å². The predicted octanol–water partition coefficient (Wildman–Crippen LogP) is 0.128. The van der Waals surface area contributed by atoms with E-state index in [4.69, 9.17) is 15.2 Å². The monoisotopic (exact) mass is 329 g/mol. The average molecular weight is 329 g/mol. The average Bonchev–Trinajstić information content (AvgIpc) is 2.44. The Morgan fingerprint density at radius 1 is 1.30 bits per heavy atom. The number of primary amides is 1. The lowest BCUT2D eigenvalue weighted by Gasteiger charge is -2.39. The van der Waals surface area contributed by atoms with Gasteiger partial charge in [0.2, 0.25) is 11.8 Å². The molecule has 2 amide bonds. The van der Waals surface area contributed by atoms with Crippen molar-refractivity contribution in [2.24, 2.45) is 11.7 Å². The van der Waals surface area contributed by atoms with Gasteiger partial charge in [0, 0.05) is 27.2 Å². The molecule has 3 N–H and O–H groups in total. The second-order valence-electron chi connectivity index (χ2n) is 6.42. The van der Waals surface area contributed by atoms with Crippen LogP contribution in [0.25, 0.3) is 0 Å². The molecule has 0 aliphatic carbocycles. The van der Waals surface area contributed by atoms with Crippen LogP contribution in [0.3, 0.4) is 0 Å². The first kappa shape index (κ1) is 19.9. The maximum absolute atomic E-state index is 11.4. The minimum atomic E-state index is -0.377. The molecule has 1 aliphatic heterocycles. The van der Waals surface area contributed by atoms with Gasteiger partial charge in [0.05, 0.1) is 31.2 Å². The largest absolute Gasteiger partial charge is 0.379 e. The van der Waals surface area contributed by atoms with Crippen molar-refractivity contribution in [3.8, 4) is 0 Å². The number of rotatable bonds is 11. The van der Waals surface area contributed by atoms with Crippen LogP contribution < -0.4 is 11.1 Å². The fourth-order valence-corrected chi connectivity index (χ4v) is 2.72. The molecule has 0 aromatic heterocycles. The van der Waals surface area contributed by atoms with Gasteiger partial charge < -0.3 is 20.5 Å². The summed E-state index contributed by atoms with van der Waals surface area (Å²) in [6, 6.07) is 0. The SMILES string of the molecule is CNC(=O)CC(C)OC(CC(N)=O)C(C)CCN1CC(OC)C1. The fraction of sp³-hybridized carbons (Fsp3) is 0.875. The van der Waals surface area contributed by atoms with Crippen LogP contribution in [-0.2, 0) is 19.1 Å². The van der Waals surface area contributed by atoms with E-state index in [1.54, 1.807) is 14.2 Å². The summed E-state index contributed by atoms with van der Waals surface area (Å²) in [5.41, 5.74) is 5.34. The second-order valence-corrected chi connectivity index (χ2v) is 6.42. The molecule has 3 unspecified atom stereocenters. The zero-order valence-corrected chi connectivity index (χ0v) is 14.7. The number of methoxy groups -OCH3 is 1. The second kappa shape index (κ2) is 9.85. The molecular weight excluding hydrogens is 298 g/mol. The van der Waals surface area contributed by atoms with Gasteiger partial charge in [-0.05, 0) is 25.8 Å². The summed E-state index contributed by atoms with van der Waals surface area (Å²) in [4.78, 5) is 25.0. The number of carbonyl (C=O) groups is 2. The summed E-state index contributed by atoms with van der Waals surface area (Å²) in [6.45, 7) is 6.77. The Bertz CT molecular complexity index is 386. The molecule has 3 atom stereocenters. The summed E-state index contributed by atoms with van der Waals surface area (Å²) in [7, 11) is 3.33. The Morgan fingerprint density at radius 3 is 2.48 bits per heavy atom. The smallest absolute Gasteiger partial charge is 0.222 e. The van der Waals surface area contributed by atoms with Crippen LogP contribution in [0.15, 0.2) is 0 Å². The molecule has 23 heavy (non-hydrogen) atoms. The van der Waals surface area contributed by atoms with Crippen molar-refractivity contribution >= 4 is 11.8 Å². The summed E-state index contributed by atoms with van der Waals surface area (Å²) < 4.78 is 11.2. The molecule has 134 valence electrons. The standard InChI is InChI=1S/C16H31N3O4/c1-11(5-6-19-9-13(10-19)22-4)14(8-15(17)20)23-12(2)7-16(21)18-3/h11-14H,5-10H2,1-4H3,(H2,17,20)(H,18,21). The number of nitrogens with zero attached hydrogens (tertiary/aromatic N) is 1. The Morgan fingerprint density at radius 2 is 1.96 bits per heavy atom. The third kappa shape index (κ3) is 7.28. The minimum Gasteiger partial charge on any atom is -0.379 e. The lowest BCUT2D eigenvalue weighted by atomic mass is 9.96. The summed E-state index contributed by atoms with van der Waals surface area (Å²) in [5.74, 6) is -0.261. The molecule has 1 aliphatic rings. The molecule has 1 heterocycles. The number of amides is 2. The van der Waals surface area contributed by atoms with E-state index in [1.165, 1.54) is 0 Å². The number of hydrogen-bond acceptors (Lipinski definition) is 5. The van der Waals surface area contributed by atoms with Crippen LogP contribution in [0.4, 0.5) is 0 Å². The van der Waals surface area contributed by atoms with Crippen molar-refractivity contribution in [3.05, 3.63) is 0 Å². The zero-order valence-electron chi connectivity index (χ0n) is 14.7. The number of nitrogens with one attached hydrogen (secondary N) is 1. The topological polar surface area (TPSA) is 93.9 Å². The Kier molecular flexibility index (Phi) is 8.51. The summed E-state index contributed by atoms with van der Waals surface area (Å²) in [6.07, 6.45) is 1.21. The van der Waals surface area contributed by atoms with Crippen molar-refractivity contribution in [2.45, 2.75) is 51.4 Å². The number of hydrogen-bond donors (Lipinski definition) is 2. The van der Waals surface area contributed by atoms with E-state index >= 15 is 0 Å². The Labute approximate surface area is 138 Å². The molecule has 0 saturated carbocycles. The fourth-order valence-electron chi connectivity index (χ4n) is 2.72. The van der Waals surface area contributed by atoms with Crippen LogP contribution in [0.2, 0.25) is 0 Å². The van der Waals surface area contributed by atoms with Gasteiger partial charge in [-0.15, -0.1) is 0 Å². The molecule has 0 spiro atoms. The first-order valence-electron chi connectivity index (χ1n) is 8.25. The van der Waals surface area contributed by atoms with E-state index in [9.17, 15) is 9.59 Å². The van der Waals surface area contributed by atoms with Crippen molar-refractivity contribution in [1.29, 1.82) is 0 Å². The van der Waals surface area contributed by atoms with E-state index in [0.29, 0.717) is 6.10 Å². The van der Waals surface area contributed by atoms with Gasteiger partial charge in [0.25, 0.3) is 0 Å². The van der Waals surface area contributed by atoms with Crippen molar-refractivity contribution in [3.63, 3.8) is 0 Å². The molecule has 0 radical (unpaired) electrons. The quantitative estimate of drug-likeness (QED) is 0.562. The van der Waals surface area contributed by atoms with Gasteiger partial charge in [-0.3, -0.25) is 14.5 Å². The maximum Gasteiger partial charge on any atom is 0.222 e. The van der Waals surface area contributed by atoms with Crippen LogP contribution in [-0.4, -0.2) is 68.8 Å². The molecular formula is C16H31N3O4. The highest BCUT2D eigenvalue weighted by Gasteiger charge is 2.28. The van der Waals surface area contributed by atoms with Gasteiger partial charge in [-0.25, -0.2) is 0 Å². The van der Waals surface area contributed by atoms with Gasteiger partial charge in [0.15, 0.2) is 0 Å². The highest BCUT2D eigenvalue weighted by molar-refractivity contribution is 5.76. The third-order valence-electron chi connectivity index (χ3n) is 4.35. The molecule has 7 heteroatoms. The molecule has 1 saturated heterocycles. The lowest BCUT2D eigenvalue weighted by molar-refractivity contribution is -0.128. The normalized spacial score (nSPS) is 19.7. The van der Waals surface area contributed by atoms with E-state index in [0.717, 1.165) is 26.1 Å².